The van der Waals surface area contributed by atoms with Crippen molar-refractivity contribution < 1.29 is 14.1 Å². The van der Waals surface area contributed by atoms with Crippen molar-refractivity contribution in [1.29, 1.82) is 5.26 Å². The molecule has 1 aromatic heterocycles. The maximum atomic E-state index is 12.8. The van der Waals surface area contributed by atoms with Crippen LogP contribution in [0.1, 0.15) is 22.6 Å². The highest BCUT2D eigenvalue weighted by atomic mass is 16.6. The predicted molar refractivity (Wildman–Crippen MR) is 99.6 cm³/mol. The van der Waals surface area contributed by atoms with Gasteiger partial charge in [0.15, 0.2) is 5.75 Å². The number of nitrogens with zero attached hydrogens (tertiary/aromatic N) is 2. The Morgan fingerprint density at radius 3 is 2.57 bits per heavy atom. The van der Waals surface area contributed by atoms with Crippen LogP contribution in [0.25, 0.3) is 11.0 Å². The molecule has 1 atom stereocenters. The minimum Gasteiger partial charge on any atom is -0.439 e. The fourth-order valence-electron chi connectivity index (χ4n) is 3.35. The molecule has 0 radical (unpaired) electrons. The molecule has 4 rings (SSSR count). The first kappa shape index (κ1) is 17.3. The molecule has 2 heterocycles. The molecule has 0 saturated carbocycles. The second kappa shape index (κ2) is 6.25. The summed E-state index contributed by atoms with van der Waals surface area (Å²) in [4.78, 5) is 23.2. The van der Waals surface area contributed by atoms with Crippen molar-refractivity contribution in [3.05, 3.63) is 91.1 Å². The van der Waals surface area contributed by atoms with Gasteiger partial charge < -0.3 is 14.9 Å². The smallest absolute Gasteiger partial charge is 0.344 e. The van der Waals surface area contributed by atoms with Crippen molar-refractivity contribution in [2.45, 2.75) is 12.8 Å². The van der Waals surface area contributed by atoms with Gasteiger partial charge in [-0.2, -0.15) is 5.26 Å². The van der Waals surface area contributed by atoms with Crippen molar-refractivity contribution in [3.8, 4) is 11.8 Å². The molecule has 0 amide bonds. The first-order valence-electron chi connectivity index (χ1n) is 8.30. The zero-order chi connectivity index (χ0) is 20.0. The average molecular weight is 375 g/mol. The van der Waals surface area contributed by atoms with Gasteiger partial charge in [0.05, 0.1) is 21.8 Å². The number of benzene rings is 2. The third-order valence-corrected chi connectivity index (χ3v) is 4.66. The maximum absolute atomic E-state index is 12.8. The van der Waals surface area contributed by atoms with Gasteiger partial charge in [-0.3, -0.25) is 10.1 Å². The summed E-state index contributed by atoms with van der Waals surface area (Å²) in [5.41, 5.74) is 7.16. The van der Waals surface area contributed by atoms with E-state index >= 15 is 0 Å². The van der Waals surface area contributed by atoms with Gasteiger partial charge in [0.25, 0.3) is 5.69 Å². The van der Waals surface area contributed by atoms with Crippen molar-refractivity contribution in [3.63, 3.8) is 0 Å². The summed E-state index contributed by atoms with van der Waals surface area (Å²) in [6.07, 6.45) is 0. The van der Waals surface area contributed by atoms with Crippen LogP contribution in [0.4, 0.5) is 5.69 Å². The Morgan fingerprint density at radius 1 is 1.21 bits per heavy atom. The summed E-state index contributed by atoms with van der Waals surface area (Å²) in [5, 5.41) is 21.1. The van der Waals surface area contributed by atoms with Crippen molar-refractivity contribution in [2.24, 2.45) is 5.73 Å². The number of fused-ring (bicyclic) bond motifs is 3. The molecular formula is C20H13N3O5. The van der Waals surface area contributed by atoms with E-state index in [0.29, 0.717) is 16.5 Å². The van der Waals surface area contributed by atoms with Crippen LogP contribution in [-0.2, 0) is 0 Å². The lowest BCUT2D eigenvalue weighted by molar-refractivity contribution is -0.384. The fraction of sp³-hybridized carbons (Fsp3) is 0.100. The number of rotatable bonds is 2. The minimum absolute atomic E-state index is 0.0423. The number of aryl methyl sites for hydroxylation is 1. The van der Waals surface area contributed by atoms with Gasteiger partial charge in [-0.1, -0.05) is 23.8 Å². The molecular weight excluding hydrogens is 362 g/mol. The molecule has 8 nitrogen and oxygen atoms in total. The number of ether oxygens (including phenoxy) is 1. The molecule has 0 aliphatic carbocycles. The van der Waals surface area contributed by atoms with Crippen molar-refractivity contribution >= 4 is 16.7 Å². The molecule has 28 heavy (non-hydrogen) atoms. The molecule has 1 aliphatic heterocycles. The Hall–Kier alpha value is -4.12. The quantitative estimate of drug-likeness (QED) is 0.413. The monoisotopic (exact) mass is 375 g/mol. The second-order valence-electron chi connectivity index (χ2n) is 6.41. The van der Waals surface area contributed by atoms with Crippen LogP contribution in [0.3, 0.4) is 0 Å². The highest BCUT2D eigenvalue weighted by Crippen LogP contribution is 2.43. The van der Waals surface area contributed by atoms with Crippen LogP contribution < -0.4 is 16.1 Å². The van der Waals surface area contributed by atoms with Crippen LogP contribution in [0.15, 0.2) is 63.1 Å². The minimum atomic E-state index is -0.851. The summed E-state index contributed by atoms with van der Waals surface area (Å²) < 4.78 is 11.1. The number of nitriles is 1. The van der Waals surface area contributed by atoms with E-state index in [2.05, 4.69) is 0 Å². The third kappa shape index (κ3) is 2.57. The Labute approximate surface area is 158 Å². The number of allylic oxidation sites excluding steroid dienone is 1. The highest BCUT2D eigenvalue weighted by Gasteiger charge is 2.35. The largest absolute Gasteiger partial charge is 0.439 e. The number of nitrogens with two attached hydrogens (primary N) is 1. The lowest BCUT2D eigenvalue weighted by atomic mass is 9.83. The van der Waals surface area contributed by atoms with E-state index in [1.54, 1.807) is 18.2 Å². The first-order chi connectivity index (χ1) is 13.4. The molecule has 2 aromatic carbocycles. The van der Waals surface area contributed by atoms with E-state index in [1.807, 2.05) is 13.0 Å². The van der Waals surface area contributed by atoms with Gasteiger partial charge in [-0.15, -0.1) is 0 Å². The summed E-state index contributed by atoms with van der Waals surface area (Å²) >= 11 is 0. The first-order valence-corrected chi connectivity index (χ1v) is 8.30. The van der Waals surface area contributed by atoms with E-state index in [9.17, 15) is 20.2 Å². The summed E-state index contributed by atoms with van der Waals surface area (Å²) in [5.74, 6) is -0.739. The van der Waals surface area contributed by atoms with Gasteiger partial charge in [0, 0.05) is 12.1 Å². The number of nitro benzene ring substituents is 1. The van der Waals surface area contributed by atoms with Gasteiger partial charge in [-0.25, -0.2) is 4.79 Å². The normalized spacial score (nSPS) is 15.6. The summed E-state index contributed by atoms with van der Waals surface area (Å²) in [6, 6.07) is 12.8. The molecule has 0 saturated heterocycles. The standard InChI is InChI=1S/C20H13N3O5/c1-10-2-7-15-13(8-10)18-17(20(24)27-15)16(14(9-21)19(22)28-18)11-3-5-12(6-4-11)23(25)26/h2-8,16H,22H2,1H3. The van der Waals surface area contributed by atoms with E-state index in [0.717, 1.165) is 5.56 Å². The Kier molecular flexibility index (Phi) is 3.86. The molecule has 3 aromatic rings. The maximum Gasteiger partial charge on any atom is 0.344 e. The lowest BCUT2D eigenvalue weighted by Gasteiger charge is -2.26. The van der Waals surface area contributed by atoms with E-state index in [4.69, 9.17) is 14.9 Å². The van der Waals surface area contributed by atoms with E-state index in [1.165, 1.54) is 24.3 Å². The Bertz CT molecular complexity index is 1270. The van der Waals surface area contributed by atoms with Gasteiger partial charge in [-0.05, 0) is 24.6 Å². The van der Waals surface area contributed by atoms with Gasteiger partial charge in [0.1, 0.15) is 17.2 Å². The van der Waals surface area contributed by atoms with Crippen molar-refractivity contribution in [2.75, 3.05) is 0 Å². The molecule has 138 valence electrons. The van der Waals surface area contributed by atoms with Crippen LogP contribution >= 0.6 is 0 Å². The zero-order valence-electron chi connectivity index (χ0n) is 14.6. The van der Waals surface area contributed by atoms with Gasteiger partial charge >= 0.3 is 5.63 Å². The summed E-state index contributed by atoms with van der Waals surface area (Å²) in [6.45, 7) is 1.88. The molecule has 1 unspecified atom stereocenters. The number of non-ortho nitro benzene ring substituents is 1. The average Bonchev–Trinajstić information content (AvgIpc) is 2.67. The Morgan fingerprint density at radius 2 is 1.93 bits per heavy atom. The Balaban J connectivity index is 2.03. The molecule has 0 fully saturated rings. The number of hydrogen-bond acceptors (Lipinski definition) is 7. The SMILES string of the molecule is Cc1ccc2oc(=O)c3c(c2c1)OC(N)=C(C#N)C3c1ccc([N+](=O)[O-])cc1. The summed E-state index contributed by atoms with van der Waals surface area (Å²) in [7, 11) is 0. The lowest BCUT2D eigenvalue weighted by Crippen LogP contribution is -2.26. The third-order valence-electron chi connectivity index (χ3n) is 4.66. The number of hydrogen-bond donors (Lipinski definition) is 1. The molecule has 0 bridgehead atoms. The molecule has 0 spiro atoms. The highest BCUT2D eigenvalue weighted by molar-refractivity contribution is 5.86. The van der Waals surface area contributed by atoms with Crippen LogP contribution in [-0.4, -0.2) is 4.92 Å². The predicted octanol–water partition coefficient (Wildman–Crippen LogP) is 3.23. The molecule has 2 N–H and O–H groups in total. The molecule has 1 aliphatic rings. The zero-order valence-corrected chi connectivity index (χ0v) is 14.6. The number of nitro groups is 1. The topological polar surface area (TPSA) is 132 Å². The van der Waals surface area contributed by atoms with Crippen LogP contribution in [0.5, 0.6) is 5.75 Å². The van der Waals surface area contributed by atoms with Gasteiger partial charge in [0.2, 0.25) is 5.88 Å². The molecule has 8 heteroatoms. The van der Waals surface area contributed by atoms with E-state index < -0.39 is 16.5 Å². The fourth-order valence-corrected chi connectivity index (χ4v) is 3.35. The van der Waals surface area contributed by atoms with Crippen LogP contribution in [0, 0.1) is 28.4 Å². The second-order valence-corrected chi connectivity index (χ2v) is 6.41. The van der Waals surface area contributed by atoms with E-state index in [-0.39, 0.29) is 28.5 Å². The van der Waals surface area contributed by atoms with Crippen molar-refractivity contribution in [1.82, 2.24) is 0 Å². The van der Waals surface area contributed by atoms with Crippen LogP contribution in [0.2, 0.25) is 0 Å².